The van der Waals surface area contributed by atoms with Crippen LogP contribution in [0.5, 0.6) is 0 Å². The first kappa shape index (κ1) is 11.9. The lowest BCUT2D eigenvalue weighted by atomic mass is 9.93. The molecule has 0 aliphatic heterocycles. The number of H-pyrrole nitrogens is 1. The highest BCUT2D eigenvalue weighted by Gasteiger charge is 2.20. The minimum atomic E-state index is 0.0420. The summed E-state index contributed by atoms with van der Waals surface area (Å²) in [5.74, 6) is 0.136. The van der Waals surface area contributed by atoms with E-state index >= 15 is 0 Å². The van der Waals surface area contributed by atoms with Gasteiger partial charge in [-0.3, -0.25) is 4.79 Å². The van der Waals surface area contributed by atoms with Crippen molar-refractivity contribution in [3.63, 3.8) is 0 Å². The number of aromatic amines is 1. The molecule has 0 bridgehead atoms. The van der Waals surface area contributed by atoms with Crippen molar-refractivity contribution in [1.82, 2.24) is 4.98 Å². The van der Waals surface area contributed by atoms with E-state index in [1.807, 2.05) is 0 Å². The summed E-state index contributed by atoms with van der Waals surface area (Å²) in [6, 6.07) is 0. The van der Waals surface area contributed by atoms with Crippen molar-refractivity contribution in [2.45, 2.75) is 34.1 Å². The summed E-state index contributed by atoms with van der Waals surface area (Å²) >= 11 is 0. The molecule has 2 rings (SSSR count). The number of ketones is 1. The highest BCUT2D eigenvalue weighted by atomic mass is 16.1. The van der Waals surface area contributed by atoms with Crippen LogP contribution < -0.4 is 0 Å². The van der Waals surface area contributed by atoms with Crippen molar-refractivity contribution >= 4 is 17.9 Å². The number of aromatic nitrogens is 1. The second kappa shape index (κ2) is 4.02. The van der Waals surface area contributed by atoms with Crippen LogP contribution in [0.1, 0.15) is 55.0 Å². The van der Waals surface area contributed by atoms with Gasteiger partial charge in [0.05, 0.1) is 0 Å². The zero-order valence-electron chi connectivity index (χ0n) is 10.9. The molecule has 0 fully saturated rings. The highest BCUT2D eigenvalue weighted by molar-refractivity contribution is 6.00. The molecule has 1 aromatic heterocycles. The number of carbonyl (C=O) groups excluding carboxylic acids is 1. The van der Waals surface area contributed by atoms with Gasteiger partial charge in [0.1, 0.15) is 0 Å². The smallest absolute Gasteiger partial charge is 0.162 e. The second-order valence-corrected chi connectivity index (χ2v) is 5.20. The molecule has 1 aromatic rings. The molecule has 1 aliphatic carbocycles. The van der Waals surface area contributed by atoms with Crippen molar-refractivity contribution < 1.29 is 4.79 Å². The highest BCUT2D eigenvalue weighted by Crippen LogP contribution is 2.31. The Morgan fingerprint density at radius 2 is 1.94 bits per heavy atom. The number of Topliss-reactive ketones (excluding diaryl/α,β-unsaturated/α-hetero) is 1. The molecule has 0 saturated heterocycles. The van der Waals surface area contributed by atoms with E-state index in [1.165, 1.54) is 0 Å². The molecule has 0 radical (unpaired) electrons. The van der Waals surface area contributed by atoms with Gasteiger partial charge >= 0.3 is 0 Å². The van der Waals surface area contributed by atoms with Crippen LogP contribution in [0.2, 0.25) is 0 Å². The third kappa shape index (κ3) is 2.12. The zero-order valence-corrected chi connectivity index (χ0v) is 10.9. The predicted molar refractivity (Wildman–Crippen MR) is 72.0 cm³/mol. The zero-order chi connectivity index (χ0) is 12.6. The van der Waals surface area contributed by atoms with Crippen molar-refractivity contribution in [2.75, 3.05) is 0 Å². The van der Waals surface area contributed by atoms with Gasteiger partial charge in [-0.1, -0.05) is 39.0 Å². The fourth-order valence-electron chi connectivity index (χ4n) is 2.21. The molecule has 0 unspecified atom stereocenters. The van der Waals surface area contributed by atoms with E-state index in [1.54, 1.807) is 6.92 Å². The van der Waals surface area contributed by atoms with Crippen molar-refractivity contribution in [3.05, 3.63) is 34.7 Å². The summed E-state index contributed by atoms with van der Waals surface area (Å²) in [6.45, 7) is 8.01. The van der Waals surface area contributed by atoms with Crippen LogP contribution in [0, 0.1) is 5.41 Å². The maximum Gasteiger partial charge on any atom is 0.162 e. The molecule has 0 amide bonds. The Bertz CT molecular complexity index is 515. The Labute approximate surface area is 102 Å². The Kier molecular flexibility index (Phi) is 2.82. The van der Waals surface area contributed by atoms with E-state index in [0.29, 0.717) is 0 Å². The number of rotatable bonds is 2. The first-order valence-electron chi connectivity index (χ1n) is 6.09. The molecule has 0 aromatic carbocycles. The fraction of sp³-hybridized carbons (Fsp3) is 0.400. The average Bonchev–Trinajstić information content (AvgIpc) is 2.55. The number of aryl methyl sites for hydroxylation is 1. The van der Waals surface area contributed by atoms with Gasteiger partial charge in [-0.05, 0) is 19.4 Å². The Hall–Kier alpha value is -1.57. The van der Waals surface area contributed by atoms with E-state index in [4.69, 9.17) is 0 Å². The first-order valence-corrected chi connectivity index (χ1v) is 6.09. The van der Waals surface area contributed by atoms with Crippen LogP contribution in [-0.2, 0) is 6.42 Å². The van der Waals surface area contributed by atoms with Crippen LogP contribution in [0.25, 0.3) is 12.2 Å². The van der Waals surface area contributed by atoms with E-state index in [9.17, 15) is 4.79 Å². The minimum absolute atomic E-state index is 0.0420. The number of carbonyl (C=O) groups is 1. The molecule has 0 atom stereocenters. The third-order valence-electron chi connectivity index (χ3n) is 3.21. The molecule has 1 heterocycles. The van der Waals surface area contributed by atoms with Gasteiger partial charge in [0, 0.05) is 27.9 Å². The van der Waals surface area contributed by atoms with Gasteiger partial charge in [-0.2, -0.15) is 0 Å². The predicted octanol–water partition coefficient (Wildman–Crippen LogP) is 3.85. The van der Waals surface area contributed by atoms with E-state index in [0.717, 1.165) is 28.9 Å². The van der Waals surface area contributed by atoms with Gasteiger partial charge in [-0.25, -0.2) is 0 Å². The maximum absolute atomic E-state index is 11.8. The molecular weight excluding hydrogens is 210 g/mol. The van der Waals surface area contributed by atoms with Crippen molar-refractivity contribution in [1.29, 1.82) is 0 Å². The quantitative estimate of drug-likeness (QED) is 0.768. The van der Waals surface area contributed by atoms with Gasteiger partial charge < -0.3 is 4.98 Å². The van der Waals surface area contributed by atoms with Gasteiger partial charge in [0.25, 0.3) is 0 Å². The fourth-order valence-corrected chi connectivity index (χ4v) is 2.21. The number of fused-ring (bicyclic) bond motifs is 1. The summed E-state index contributed by atoms with van der Waals surface area (Å²) in [7, 11) is 0. The summed E-state index contributed by atoms with van der Waals surface area (Å²) in [4.78, 5) is 15.1. The number of allylic oxidation sites excluding steroid dienone is 2. The van der Waals surface area contributed by atoms with Crippen LogP contribution in [-0.4, -0.2) is 10.8 Å². The maximum atomic E-state index is 11.8. The minimum Gasteiger partial charge on any atom is -0.358 e. The summed E-state index contributed by atoms with van der Waals surface area (Å²) in [5, 5.41) is 0. The first-order chi connectivity index (χ1) is 7.94. The van der Waals surface area contributed by atoms with Gasteiger partial charge in [0.15, 0.2) is 5.78 Å². The van der Waals surface area contributed by atoms with E-state index in [-0.39, 0.29) is 11.2 Å². The topological polar surface area (TPSA) is 32.9 Å². The lowest BCUT2D eigenvalue weighted by molar-refractivity contribution is 0.101. The molecule has 0 spiro atoms. The van der Waals surface area contributed by atoms with E-state index < -0.39 is 0 Å². The van der Waals surface area contributed by atoms with Gasteiger partial charge in [0.2, 0.25) is 0 Å². The molecule has 0 saturated carbocycles. The normalized spacial score (nSPS) is 16.7. The summed E-state index contributed by atoms with van der Waals surface area (Å²) in [5.41, 5.74) is 4.02. The van der Waals surface area contributed by atoms with Crippen LogP contribution in [0.3, 0.4) is 0 Å². The second-order valence-electron chi connectivity index (χ2n) is 5.20. The number of nitrogens with one attached hydrogen (secondary N) is 1. The Balaban J connectivity index is 2.63. The molecule has 1 aliphatic rings. The van der Waals surface area contributed by atoms with Gasteiger partial charge in [-0.15, -0.1) is 0 Å². The summed E-state index contributed by atoms with van der Waals surface area (Å²) in [6.07, 6.45) is 9.32. The number of hydrogen-bond donors (Lipinski definition) is 1. The lowest BCUT2D eigenvalue weighted by Gasteiger charge is -2.12. The lowest BCUT2D eigenvalue weighted by Crippen LogP contribution is -2.01. The summed E-state index contributed by atoms with van der Waals surface area (Å²) < 4.78 is 0. The van der Waals surface area contributed by atoms with E-state index in [2.05, 4.69) is 50.1 Å². The molecular formula is C15H19NO. The SMILES string of the molecule is CCc1[nH]c2c(c1C(C)=O)C=CC(C)(C)C=C2. The molecule has 2 nitrogen and oxygen atoms in total. The Morgan fingerprint density at radius 3 is 2.53 bits per heavy atom. The average molecular weight is 229 g/mol. The van der Waals surface area contributed by atoms with Crippen molar-refractivity contribution in [3.8, 4) is 0 Å². The van der Waals surface area contributed by atoms with Crippen LogP contribution in [0.4, 0.5) is 0 Å². The number of hydrogen-bond acceptors (Lipinski definition) is 1. The largest absolute Gasteiger partial charge is 0.358 e. The monoisotopic (exact) mass is 229 g/mol. The Morgan fingerprint density at radius 1 is 1.29 bits per heavy atom. The van der Waals surface area contributed by atoms with Crippen LogP contribution >= 0.6 is 0 Å². The van der Waals surface area contributed by atoms with Crippen molar-refractivity contribution in [2.24, 2.45) is 5.41 Å². The molecule has 17 heavy (non-hydrogen) atoms. The third-order valence-corrected chi connectivity index (χ3v) is 3.21. The standard InChI is InChI=1S/C15H19NO/c1-5-12-14(10(2)17)11-6-8-15(3,4)9-7-13(11)16-12/h6-9,16H,5H2,1-4H3. The van der Waals surface area contributed by atoms with Crippen LogP contribution in [0.15, 0.2) is 12.2 Å². The molecule has 2 heteroatoms. The molecule has 90 valence electrons. The molecule has 1 N–H and O–H groups in total.